The molecule has 0 atom stereocenters. The van der Waals surface area contributed by atoms with Crippen LogP contribution in [-0.2, 0) is 4.84 Å². The maximum Gasteiger partial charge on any atom is 0.277 e. The molecule has 0 unspecified atom stereocenters. The third-order valence-corrected chi connectivity index (χ3v) is 3.39. The molecule has 2 rings (SSSR count). The van der Waals surface area contributed by atoms with E-state index in [1.807, 2.05) is 0 Å². The zero-order chi connectivity index (χ0) is 15.2. The summed E-state index contributed by atoms with van der Waals surface area (Å²) < 4.78 is 15.8. The van der Waals surface area contributed by atoms with Crippen LogP contribution in [0.1, 0.15) is 29.6 Å². The Morgan fingerprint density at radius 2 is 1.71 bits per heavy atom. The number of carbonyl (C=O) groups excluding carboxylic acids is 1. The number of rotatable bonds is 4. The molecule has 0 bridgehead atoms. The SMILES string of the molecule is COc1cc(C(=O)N2CCCCCO2)cc(OC)c1OC. The van der Waals surface area contributed by atoms with Crippen molar-refractivity contribution in [3.63, 3.8) is 0 Å². The highest BCUT2D eigenvalue weighted by atomic mass is 16.7. The molecule has 6 nitrogen and oxygen atoms in total. The lowest BCUT2D eigenvalue weighted by molar-refractivity contribution is -0.115. The van der Waals surface area contributed by atoms with E-state index in [-0.39, 0.29) is 5.91 Å². The van der Waals surface area contributed by atoms with E-state index < -0.39 is 0 Å². The van der Waals surface area contributed by atoms with Crippen molar-refractivity contribution in [2.24, 2.45) is 0 Å². The molecular formula is C15H21NO5. The fraction of sp³-hybridized carbons (Fsp3) is 0.533. The summed E-state index contributed by atoms with van der Waals surface area (Å²) in [7, 11) is 4.57. The van der Waals surface area contributed by atoms with Gasteiger partial charge < -0.3 is 14.2 Å². The second kappa shape index (κ2) is 7.17. The summed E-state index contributed by atoms with van der Waals surface area (Å²) >= 11 is 0. The number of methoxy groups -OCH3 is 3. The predicted molar refractivity (Wildman–Crippen MR) is 76.9 cm³/mol. The van der Waals surface area contributed by atoms with Gasteiger partial charge in [0.2, 0.25) is 5.75 Å². The summed E-state index contributed by atoms with van der Waals surface area (Å²) in [5.41, 5.74) is 0.450. The molecule has 1 aliphatic heterocycles. The zero-order valence-corrected chi connectivity index (χ0v) is 12.7. The fourth-order valence-electron chi connectivity index (χ4n) is 2.28. The van der Waals surface area contributed by atoms with Gasteiger partial charge in [-0.2, -0.15) is 0 Å². The van der Waals surface area contributed by atoms with Gasteiger partial charge in [0.25, 0.3) is 5.91 Å². The minimum atomic E-state index is -0.198. The van der Waals surface area contributed by atoms with Crippen LogP contribution in [0.4, 0.5) is 0 Å². The van der Waals surface area contributed by atoms with Gasteiger partial charge >= 0.3 is 0 Å². The molecule has 116 valence electrons. The van der Waals surface area contributed by atoms with Crippen LogP contribution in [0.15, 0.2) is 12.1 Å². The Morgan fingerprint density at radius 3 is 2.29 bits per heavy atom. The van der Waals surface area contributed by atoms with Gasteiger partial charge in [0, 0.05) is 12.1 Å². The minimum absolute atomic E-state index is 0.198. The molecule has 1 fully saturated rings. The van der Waals surface area contributed by atoms with Crippen molar-refractivity contribution >= 4 is 5.91 Å². The molecule has 1 saturated heterocycles. The van der Waals surface area contributed by atoms with Crippen molar-refractivity contribution in [3.05, 3.63) is 17.7 Å². The van der Waals surface area contributed by atoms with E-state index in [0.29, 0.717) is 36.0 Å². The Labute approximate surface area is 124 Å². The molecule has 0 aromatic heterocycles. The summed E-state index contributed by atoms with van der Waals surface area (Å²) in [5, 5.41) is 1.41. The maximum absolute atomic E-state index is 12.5. The molecular weight excluding hydrogens is 274 g/mol. The number of nitrogens with zero attached hydrogens (tertiary/aromatic N) is 1. The van der Waals surface area contributed by atoms with Crippen LogP contribution < -0.4 is 14.2 Å². The van der Waals surface area contributed by atoms with Crippen molar-refractivity contribution in [2.75, 3.05) is 34.5 Å². The first-order valence-corrected chi connectivity index (χ1v) is 6.96. The fourth-order valence-corrected chi connectivity index (χ4v) is 2.28. The van der Waals surface area contributed by atoms with E-state index in [1.54, 1.807) is 12.1 Å². The smallest absolute Gasteiger partial charge is 0.277 e. The van der Waals surface area contributed by atoms with E-state index in [1.165, 1.54) is 26.4 Å². The van der Waals surface area contributed by atoms with Gasteiger partial charge in [0.05, 0.1) is 27.9 Å². The maximum atomic E-state index is 12.5. The lowest BCUT2D eigenvalue weighted by Gasteiger charge is -2.20. The first kappa shape index (κ1) is 15.4. The molecule has 1 heterocycles. The Balaban J connectivity index is 2.31. The Morgan fingerprint density at radius 1 is 1.05 bits per heavy atom. The Bertz CT molecular complexity index is 470. The summed E-state index contributed by atoms with van der Waals surface area (Å²) in [4.78, 5) is 18.0. The second-order valence-electron chi connectivity index (χ2n) is 4.72. The number of hydroxylamine groups is 2. The number of amides is 1. The number of hydrogen-bond donors (Lipinski definition) is 0. The monoisotopic (exact) mass is 295 g/mol. The van der Waals surface area contributed by atoms with Crippen molar-refractivity contribution in [2.45, 2.75) is 19.3 Å². The summed E-state index contributed by atoms with van der Waals surface area (Å²) in [6.07, 6.45) is 2.98. The number of ether oxygens (including phenoxy) is 3. The van der Waals surface area contributed by atoms with Gasteiger partial charge in [0.15, 0.2) is 11.5 Å². The largest absolute Gasteiger partial charge is 0.493 e. The van der Waals surface area contributed by atoms with Gasteiger partial charge in [0.1, 0.15) is 0 Å². The summed E-state index contributed by atoms with van der Waals surface area (Å²) in [6, 6.07) is 3.27. The number of hydrogen-bond acceptors (Lipinski definition) is 5. The molecule has 0 spiro atoms. The average molecular weight is 295 g/mol. The Hall–Kier alpha value is -1.95. The Kier molecular flexibility index (Phi) is 5.27. The third kappa shape index (κ3) is 3.39. The van der Waals surface area contributed by atoms with Gasteiger partial charge in [-0.25, -0.2) is 5.06 Å². The molecule has 21 heavy (non-hydrogen) atoms. The summed E-state index contributed by atoms with van der Waals surface area (Å²) in [6.45, 7) is 1.16. The van der Waals surface area contributed by atoms with E-state index in [2.05, 4.69) is 0 Å². The van der Waals surface area contributed by atoms with Gasteiger partial charge in [-0.3, -0.25) is 9.63 Å². The van der Waals surface area contributed by atoms with Gasteiger partial charge in [-0.05, 0) is 31.4 Å². The van der Waals surface area contributed by atoms with E-state index >= 15 is 0 Å². The van der Waals surface area contributed by atoms with Crippen LogP contribution in [0.3, 0.4) is 0 Å². The minimum Gasteiger partial charge on any atom is -0.493 e. The van der Waals surface area contributed by atoms with Crippen molar-refractivity contribution < 1.29 is 23.8 Å². The lowest BCUT2D eigenvalue weighted by Crippen LogP contribution is -2.31. The van der Waals surface area contributed by atoms with E-state index in [0.717, 1.165) is 19.3 Å². The van der Waals surface area contributed by atoms with Crippen LogP contribution in [0.5, 0.6) is 17.2 Å². The van der Waals surface area contributed by atoms with Crippen LogP contribution in [0.25, 0.3) is 0 Å². The standard InChI is InChI=1S/C15H21NO5/c1-18-12-9-11(10-13(19-2)14(12)20-3)15(17)16-7-5-4-6-8-21-16/h9-10H,4-8H2,1-3H3. The molecule has 0 radical (unpaired) electrons. The van der Waals surface area contributed by atoms with Gasteiger partial charge in [-0.1, -0.05) is 0 Å². The zero-order valence-electron chi connectivity index (χ0n) is 12.7. The van der Waals surface area contributed by atoms with Crippen LogP contribution in [0.2, 0.25) is 0 Å². The van der Waals surface area contributed by atoms with E-state index in [9.17, 15) is 4.79 Å². The topological polar surface area (TPSA) is 57.2 Å². The highest BCUT2D eigenvalue weighted by molar-refractivity contribution is 5.95. The highest BCUT2D eigenvalue weighted by Crippen LogP contribution is 2.38. The third-order valence-electron chi connectivity index (χ3n) is 3.39. The summed E-state index contributed by atoms with van der Waals surface area (Å²) in [5.74, 6) is 1.18. The van der Waals surface area contributed by atoms with E-state index in [4.69, 9.17) is 19.0 Å². The molecule has 1 aromatic rings. The molecule has 6 heteroatoms. The normalized spacial score (nSPS) is 15.3. The number of benzene rings is 1. The first-order chi connectivity index (χ1) is 10.2. The molecule has 1 aromatic carbocycles. The first-order valence-electron chi connectivity index (χ1n) is 6.96. The molecule has 0 aliphatic carbocycles. The van der Waals surface area contributed by atoms with Crippen LogP contribution >= 0.6 is 0 Å². The molecule has 0 N–H and O–H groups in total. The van der Waals surface area contributed by atoms with Crippen molar-refractivity contribution in [1.29, 1.82) is 0 Å². The van der Waals surface area contributed by atoms with Crippen LogP contribution in [-0.4, -0.2) is 45.5 Å². The predicted octanol–water partition coefficient (Wildman–Crippen LogP) is 2.27. The number of carbonyl (C=O) groups is 1. The highest BCUT2D eigenvalue weighted by Gasteiger charge is 2.22. The lowest BCUT2D eigenvalue weighted by atomic mass is 10.1. The van der Waals surface area contributed by atoms with Crippen LogP contribution in [0, 0.1) is 0 Å². The average Bonchev–Trinajstić information content (AvgIpc) is 2.81. The molecule has 1 amide bonds. The van der Waals surface area contributed by atoms with Crippen molar-refractivity contribution in [3.8, 4) is 17.2 Å². The quantitative estimate of drug-likeness (QED) is 0.853. The molecule has 1 aliphatic rings. The second-order valence-corrected chi connectivity index (χ2v) is 4.72. The van der Waals surface area contributed by atoms with Gasteiger partial charge in [-0.15, -0.1) is 0 Å². The van der Waals surface area contributed by atoms with Crippen molar-refractivity contribution in [1.82, 2.24) is 5.06 Å². The molecule has 0 saturated carbocycles.